The van der Waals surface area contributed by atoms with Crippen LogP contribution in [0, 0.1) is 11.8 Å². The van der Waals surface area contributed by atoms with Crippen molar-refractivity contribution in [3.05, 3.63) is 35.9 Å². The second kappa shape index (κ2) is 8.53. The van der Waals surface area contributed by atoms with Gasteiger partial charge in [0.25, 0.3) is 5.91 Å². The molecule has 1 amide bonds. The third-order valence-corrected chi connectivity index (χ3v) is 6.40. The fraction of sp³-hybridized carbons (Fsp3) is 0.591. The zero-order chi connectivity index (χ0) is 19.5. The molecule has 2 N–H and O–H groups in total. The molecule has 0 bridgehead atoms. The van der Waals surface area contributed by atoms with Crippen molar-refractivity contribution in [2.45, 2.75) is 56.7 Å². The molecule has 0 aromatic heterocycles. The second-order valence-corrected chi connectivity index (χ2v) is 8.25. The van der Waals surface area contributed by atoms with Crippen LogP contribution in [0.2, 0.25) is 0 Å². The van der Waals surface area contributed by atoms with E-state index in [1.807, 2.05) is 18.2 Å². The Labute approximate surface area is 165 Å². The lowest BCUT2D eigenvalue weighted by atomic mass is 9.81. The molecule has 4 rings (SSSR count). The van der Waals surface area contributed by atoms with Gasteiger partial charge >= 0.3 is 0 Å². The van der Waals surface area contributed by atoms with Gasteiger partial charge in [-0.25, -0.2) is 0 Å². The zero-order valence-corrected chi connectivity index (χ0v) is 16.1. The summed E-state index contributed by atoms with van der Waals surface area (Å²) in [5.74, 6) is -0.0646. The highest BCUT2D eigenvalue weighted by Crippen LogP contribution is 2.32. The molecular weight excluding hydrogens is 356 g/mol. The van der Waals surface area contributed by atoms with Crippen LogP contribution in [0.4, 0.5) is 0 Å². The third kappa shape index (κ3) is 4.03. The van der Waals surface area contributed by atoms with E-state index in [-0.39, 0.29) is 36.0 Å². The summed E-state index contributed by atoms with van der Waals surface area (Å²) in [6.45, 7) is 0.686. The molecule has 0 radical (unpaired) electrons. The summed E-state index contributed by atoms with van der Waals surface area (Å²) in [7, 11) is 0. The predicted molar refractivity (Wildman–Crippen MR) is 104 cm³/mol. The van der Waals surface area contributed by atoms with E-state index in [4.69, 9.17) is 4.74 Å². The number of carbonyl (C=O) groups is 3. The first kappa shape index (κ1) is 19.3. The van der Waals surface area contributed by atoms with Crippen LogP contribution in [0.5, 0.6) is 0 Å². The molecule has 4 unspecified atom stereocenters. The van der Waals surface area contributed by atoms with E-state index in [1.54, 1.807) is 12.1 Å². The number of ketones is 2. The van der Waals surface area contributed by atoms with Crippen LogP contribution < -0.4 is 10.6 Å². The van der Waals surface area contributed by atoms with Gasteiger partial charge in [0.15, 0.2) is 11.6 Å². The standard InChI is InChI=1S/C22H28N2O4/c25-18-13-28-21-16(10-11-23-19(18)21)20(26)17(12-14-6-4-5-7-14)24-22(27)15-8-2-1-3-9-15/h1-3,8-9,14,16-17,19,21,23H,4-7,10-13H2,(H,24,27). The molecule has 2 heterocycles. The number of amides is 1. The van der Waals surface area contributed by atoms with Gasteiger partial charge in [0.2, 0.25) is 0 Å². The highest BCUT2D eigenvalue weighted by molar-refractivity contribution is 5.99. The third-order valence-electron chi connectivity index (χ3n) is 6.40. The Balaban J connectivity index is 1.51. The lowest BCUT2D eigenvalue weighted by Crippen LogP contribution is -2.56. The van der Waals surface area contributed by atoms with Gasteiger partial charge in [0, 0.05) is 11.5 Å². The molecule has 2 saturated heterocycles. The Kier molecular flexibility index (Phi) is 5.87. The van der Waals surface area contributed by atoms with E-state index >= 15 is 0 Å². The molecule has 28 heavy (non-hydrogen) atoms. The summed E-state index contributed by atoms with van der Waals surface area (Å²) in [5, 5.41) is 6.18. The van der Waals surface area contributed by atoms with Crippen LogP contribution in [-0.2, 0) is 14.3 Å². The number of fused-ring (bicyclic) bond motifs is 1. The summed E-state index contributed by atoms with van der Waals surface area (Å²) in [4.78, 5) is 38.2. The van der Waals surface area contributed by atoms with E-state index < -0.39 is 12.1 Å². The number of piperidine rings is 1. The van der Waals surface area contributed by atoms with Crippen LogP contribution in [0.1, 0.15) is 48.9 Å². The molecule has 0 spiro atoms. The van der Waals surface area contributed by atoms with E-state index in [9.17, 15) is 14.4 Å². The van der Waals surface area contributed by atoms with Crippen molar-refractivity contribution in [2.75, 3.05) is 13.2 Å². The average molecular weight is 384 g/mol. The van der Waals surface area contributed by atoms with Crippen LogP contribution in [0.25, 0.3) is 0 Å². The maximum atomic E-state index is 13.5. The smallest absolute Gasteiger partial charge is 0.251 e. The van der Waals surface area contributed by atoms with Crippen molar-refractivity contribution in [1.29, 1.82) is 0 Å². The predicted octanol–water partition coefficient (Wildman–Crippen LogP) is 1.88. The van der Waals surface area contributed by atoms with Gasteiger partial charge in [-0.3, -0.25) is 14.4 Å². The Morgan fingerprint density at radius 1 is 1.14 bits per heavy atom. The first-order valence-electron chi connectivity index (χ1n) is 10.4. The minimum absolute atomic E-state index is 0.0161. The Bertz CT molecular complexity index is 729. The van der Waals surface area contributed by atoms with E-state index in [0.29, 0.717) is 30.9 Å². The van der Waals surface area contributed by atoms with Crippen LogP contribution in [0.15, 0.2) is 30.3 Å². The average Bonchev–Trinajstić information content (AvgIpc) is 3.37. The van der Waals surface area contributed by atoms with Gasteiger partial charge in [-0.2, -0.15) is 0 Å². The lowest BCUT2D eigenvalue weighted by Gasteiger charge is -2.34. The Morgan fingerprint density at radius 3 is 2.64 bits per heavy atom. The van der Waals surface area contributed by atoms with Crippen LogP contribution in [0.3, 0.4) is 0 Å². The Hall–Kier alpha value is -2.05. The van der Waals surface area contributed by atoms with Gasteiger partial charge < -0.3 is 15.4 Å². The van der Waals surface area contributed by atoms with Gasteiger partial charge in [-0.15, -0.1) is 0 Å². The maximum absolute atomic E-state index is 13.5. The molecule has 6 nitrogen and oxygen atoms in total. The van der Waals surface area contributed by atoms with E-state index in [2.05, 4.69) is 10.6 Å². The van der Waals surface area contributed by atoms with Gasteiger partial charge in [-0.05, 0) is 37.4 Å². The number of rotatable bonds is 6. The normalized spacial score (nSPS) is 28.7. The maximum Gasteiger partial charge on any atom is 0.251 e. The highest BCUT2D eigenvalue weighted by Gasteiger charge is 2.47. The number of carbonyl (C=O) groups excluding carboxylic acids is 3. The summed E-state index contributed by atoms with van der Waals surface area (Å²) >= 11 is 0. The topological polar surface area (TPSA) is 84.5 Å². The number of benzene rings is 1. The second-order valence-electron chi connectivity index (χ2n) is 8.25. The highest BCUT2D eigenvalue weighted by atomic mass is 16.5. The van der Waals surface area contributed by atoms with Crippen molar-refractivity contribution in [3.63, 3.8) is 0 Å². The fourth-order valence-corrected chi connectivity index (χ4v) is 4.90. The molecule has 1 aliphatic carbocycles. The molecule has 1 aromatic rings. The molecule has 3 aliphatic rings. The fourth-order valence-electron chi connectivity index (χ4n) is 4.90. The van der Waals surface area contributed by atoms with Crippen molar-refractivity contribution in [2.24, 2.45) is 11.8 Å². The minimum atomic E-state index is -0.529. The number of Topliss-reactive ketones (excluding diaryl/α,β-unsaturated/α-hetero) is 2. The lowest BCUT2D eigenvalue weighted by molar-refractivity contribution is -0.131. The molecule has 150 valence electrons. The van der Waals surface area contributed by atoms with Crippen molar-refractivity contribution < 1.29 is 19.1 Å². The molecule has 2 aliphatic heterocycles. The monoisotopic (exact) mass is 384 g/mol. The zero-order valence-electron chi connectivity index (χ0n) is 16.1. The van der Waals surface area contributed by atoms with Crippen LogP contribution >= 0.6 is 0 Å². The van der Waals surface area contributed by atoms with Gasteiger partial charge in [-0.1, -0.05) is 43.9 Å². The Morgan fingerprint density at radius 2 is 1.89 bits per heavy atom. The van der Waals surface area contributed by atoms with Gasteiger partial charge in [0.05, 0.1) is 18.2 Å². The van der Waals surface area contributed by atoms with Crippen molar-refractivity contribution >= 4 is 17.5 Å². The van der Waals surface area contributed by atoms with Crippen molar-refractivity contribution in [1.82, 2.24) is 10.6 Å². The minimum Gasteiger partial charge on any atom is -0.368 e. The number of ether oxygens (including phenoxy) is 1. The van der Waals surface area contributed by atoms with Crippen molar-refractivity contribution in [3.8, 4) is 0 Å². The summed E-state index contributed by atoms with van der Waals surface area (Å²) < 4.78 is 5.67. The first-order valence-corrected chi connectivity index (χ1v) is 10.4. The molecular formula is C22H28N2O4. The quantitative estimate of drug-likeness (QED) is 0.782. The van der Waals surface area contributed by atoms with E-state index in [1.165, 1.54) is 12.8 Å². The molecule has 3 fully saturated rings. The summed E-state index contributed by atoms with van der Waals surface area (Å²) in [6, 6.07) is 8.09. The molecule has 1 aromatic carbocycles. The first-order chi connectivity index (χ1) is 13.6. The number of hydrogen-bond donors (Lipinski definition) is 2. The summed E-state index contributed by atoms with van der Waals surface area (Å²) in [5.41, 5.74) is 0.558. The van der Waals surface area contributed by atoms with Gasteiger partial charge in [0.1, 0.15) is 6.61 Å². The molecule has 4 atom stereocenters. The van der Waals surface area contributed by atoms with E-state index in [0.717, 1.165) is 12.8 Å². The SMILES string of the molecule is O=C(NC(CC1CCCC1)C(=O)C1CCNC2C(=O)COC12)c1ccccc1. The summed E-state index contributed by atoms with van der Waals surface area (Å²) in [6.07, 6.45) is 5.49. The number of hydrogen-bond acceptors (Lipinski definition) is 5. The molecule has 6 heteroatoms. The molecule has 1 saturated carbocycles. The number of nitrogens with one attached hydrogen (secondary N) is 2. The van der Waals surface area contributed by atoms with Crippen LogP contribution in [-0.4, -0.2) is 48.8 Å². The largest absolute Gasteiger partial charge is 0.368 e.